The lowest BCUT2D eigenvalue weighted by atomic mass is 10.0. The molecule has 0 saturated heterocycles. The Labute approximate surface area is 132 Å². The van der Waals surface area contributed by atoms with E-state index < -0.39 is 0 Å². The van der Waals surface area contributed by atoms with E-state index in [2.05, 4.69) is 39.0 Å². The largest absolute Gasteiger partial charge is 0.399 e. The number of aryl methyl sites for hydroxylation is 1. The molecule has 0 fully saturated rings. The van der Waals surface area contributed by atoms with E-state index in [0.29, 0.717) is 0 Å². The molecule has 2 aromatic carbocycles. The molecule has 0 saturated carbocycles. The van der Waals surface area contributed by atoms with Crippen molar-refractivity contribution in [2.75, 3.05) is 17.2 Å². The quantitative estimate of drug-likeness (QED) is 0.799. The lowest BCUT2D eigenvalue weighted by Crippen LogP contribution is -2.28. The molecule has 1 aliphatic rings. The second kappa shape index (κ2) is 5.66. The summed E-state index contributed by atoms with van der Waals surface area (Å²) in [5.41, 5.74) is 10.5. The van der Waals surface area contributed by atoms with Crippen LogP contribution in [0.4, 0.5) is 11.4 Å². The summed E-state index contributed by atoms with van der Waals surface area (Å²) in [6.45, 7) is 1.90. The third-order valence-corrected chi connectivity index (χ3v) is 4.54. The molecule has 0 aromatic heterocycles. The number of benzene rings is 2. The zero-order valence-electron chi connectivity index (χ0n) is 11.1. The Bertz CT molecular complexity index is 642. The topological polar surface area (TPSA) is 29.3 Å². The van der Waals surface area contributed by atoms with Gasteiger partial charge in [-0.25, -0.2) is 0 Å². The van der Waals surface area contributed by atoms with E-state index in [4.69, 9.17) is 17.3 Å². The highest BCUT2D eigenvalue weighted by Gasteiger charge is 2.17. The van der Waals surface area contributed by atoms with Crippen LogP contribution in [-0.4, -0.2) is 6.54 Å². The molecule has 1 aliphatic heterocycles. The van der Waals surface area contributed by atoms with Crippen LogP contribution in [0.5, 0.6) is 0 Å². The average molecular weight is 352 g/mol. The Morgan fingerprint density at radius 1 is 1.20 bits per heavy atom. The molecule has 0 aliphatic carbocycles. The molecule has 0 unspecified atom stereocenters. The monoisotopic (exact) mass is 350 g/mol. The standard InChI is InChI=1S/C16H16BrClN2/c17-13-4-3-12(15(18)9-13)10-20-7-1-2-11-8-14(19)5-6-16(11)20/h3-6,8-9H,1-2,7,10,19H2. The fourth-order valence-corrected chi connectivity index (χ4v) is 3.45. The third kappa shape index (κ3) is 2.79. The van der Waals surface area contributed by atoms with Crippen molar-refractivity contribution in [2.45, 2.75) is 19.4 Å². The van der Waals surface area contributed by atoms with Crippen molar-refractivity contribution in [1.82, 2.24) is 0 Å². The van der Waals surface area contributed by atoms with Gasteiger partial charge in [-0.3, -0.25) is 0 Å². The highest BCUT2D eigenvalue weighted by molar-refractivity contribution is 9.10. The molecule has 3 rings (SSSR count). The predicted octanol–water partition coefficient (Wildman–Crippen LogP) is 4.64. The van der Waals surface area contributed by atoms with Crippen molar-refractivity contribution in [3.8, 4) is 0 Å². The molecule has 0 radical (unpaired) electrons. The second-order valence-electron chi connectivity index (χ2n) is 5.15. The minimum Gasteiger partial charge on any atom is -0.399 e. The zero-order valence-corrected chi connectivity index (χ0v) is 13.4. The molecule has 104 valence electrons. The third-order valence-electron chi connectivity index (χ3n) is 3.69. The maximum atomic E-state index is 6.32. The first-order chi connectivity index (χ1) is 9.63. The molecule has 2 N–H and O–H groups in total. The number of anilines is 2. The van der Waals surface area contributed by atoms with E-state index in [1.54, 1.807) is 0 Å². The fourth-order valence-electron chi connectivity index (χ4n) is 2.71. The minimum absolute atomic E-state index is 0.807. The number of nitrogen functional groups attached to an aromatic ring is 1. The van der Waals surface area contributed by atoms with Crippen LogP contribution in [0.1, 0.15) is 17.5 Å². The van der Waals surface area contributed by atoms with Gasteiger partial charge in [0, 0.05) is 34.0 Å². The van der Waals surface area contributed by atoms with E-state index in [1.165, 1.54) is 11.3 Å². The number of nitrogens with two attached hydrogens (primary N) is 1. The van der Waals surface area contributed by atoms with E-state index in [-0.39, 0.29) is 0 Å². The smallest absolute Gasteiger partial charge is 0.0467 e. The highest BCUT2D eigenvalue weighted by atomic mass is 79.9. The number of nitrogens with zero attached hydrogens (tertiary/aromatic N) is 1. The van der Waals surface area contributed by atoms with Crippen LogP contribution < -0.4 is 10.6 Å². The molecule has 20 heavy (non-hydrogen) atoms. The van der Waals surface area contributed by atoms with Gasteiger partial charge in [-0.2, -0.15) is 0 Å². The lowest BCUT2D eigenvalue weighted by molar-refractivity contribution is 0.691. The lowest BCUT2D eigenvalue weighted by Gasteiger charge is -2.32. The van der Waals surface area contributed by atoms with Gasteiger partial charge < -0.3 is 10.6 Å². The Morgan fingerprint density at radius 3 is 2.85 bits per heavy atom. The summed E-state index contributed by atoms with van der Waals surface area (Å²) in [6, 6.07) is 12.2. The maximum Gasteiger partial charge on any atom is 0.0467 e. The summed E-state index contributed by atoms with van der Waals surface area (Å²) >= 11 is 9.77. The molecular weight excluding hydrogens is 336 g/mol. The van der Waals surface area contributed by atoms with E-state index in [1.807, 2.05) is 18.2 Å². The number of rotatable bonds is 2. The summed E-state index contributed by atoms with van der Waals surface area (Å²) < 4.78 is 1.01. The first-order valence-electron chi connectivity index (χ1n) is 6.71. The summed E-state index contributed by atoms with van der Waals surface area (Å²) in [7, 11) is 0. The SMILES string of the molecule is Nc1ccc2c(c1)CCCN2Cc1ccc(Br)cc1Cl. The molecule has 0 bridgehead atoms. The Hall–Kier alpha value is -1.19. The number of fused-ring (bicyclic) bond motifs is 1. The van der Waals surface area contributed by atoms with Gasteiger partial charge in [0.25, 0.3) is 0 Å². The van der Waals surface area contributed by atoms with Crippen LogP contribution in [0, 0.1) is 0 Å². The Balaban J connectivity index is 1.89. The van der Waals surface area contributed by atoms with E-state index in [0.717, 1.165) is 46.7 Å². The highest BCUT2D eigenvalue weighted by Crippen LogP contribution is 2.31. The summed E-state index contributed by atoms with van der Waals surface area (Å²) in [5, 5.41) is 0.807. The van der Waals surface area contributed by atoms with Gasteiger partial charge in [0.05, 0.1) is 0 Å². The Morgan fingerprint density at radius 2 is 2.05 bits per heavy atom. The van der Waals surface area contributed by atoms with Crippen LogP contribution in [0.25, 0.3) is 0 Å². The van der Waals surface area contributed by atoms with Crippen LogP contribution in [0.3, 0.4) is 0 Å². The molecule has 1 heterocycles. The van der Waals surface area contributed by atoms with Crippen molar-refractivity contribution >= 4 is 38.9 Å². The van der Waals surface area contributed by atoms with Gasteiger partial charge in [0.1, 0.15) is 0 Å². The van der Waals surface area contributed by atoms with Crippen molar-refractivity contribution in [1.29, 1.82) is 0 Å². The first-order valence-corrected chi connectivity index (χ1v) is 7.88. The van der Waals surface area contributed by atoms with Crippen molar-refractivity contribution in [3.05, 3.63) is 57.0 Å². The fraction of sp³-hybridized carbons (Fsp3) is 0.250. The molecule has 0 atom stereocenters. The van der Waals surface area contributed by atoms with Crippen molar-refractivity contribution in [2.24, 2.45) is 0 Å². The van der Waals surface area contributed by atoms with Gasteiger partial charge in [0.15, 0.2) is 0 Å². The average Bonchev–Trinajstić information content (AvgIpc) is 2.41. The molecule has 2 aromatic rings. The van der Waals surface area contributed by atoms with Crippen LogP contribution >= 0.6 is 27.5 Å². The van der Waals surface area contributed by atoms with Crippen molar-refractivity contribution in [3.63, 3.8) is 0 Å². The number of hydrogen-bond donors (Lipinski definition) is 1. The summed E-state index contributed by atoms with van der Waals surface area (Å²) in [4.78, 5) is 2.38. The minimum atomic E-state index is 0.807. The molecule has 2 nitrogen and oxygen atoms in total. The zero-order chi connectivity index (χ0) is 14.1. The first kappa shape index (κ1) is 13.8. The number of halogens is 2. The molecule has 0 amide bonds. The van der Waals surface area contributed by atoms with E-state index >= 15 is 0 Å². The summed E-state index contributed by atoms with van der Waals surface area (Å²) in [6.07, 6.45) is 2.26. The van der Waals surface area contributed by atoms with Gasteiger partial charge in [0.2, 0.25) is 0 Å². The predicted molar refractivity (Wildman–Crippen MR) is 89.4 cm³/mol. The van der Waals surface area contributed by atoms with Crippen LogP contribution in [0.15, 0.2) is 40.9 Å². The van der Waals surface area contributed by atoms with Crippen LogP contribution in [0.2, 0.25) is 5.02 Å². The summed E-state index contributed by atoms with van der Waals surface area (Å²) in [5.74, 6) is 0. The Kier molecular flexibility index (Phi) is 3.90. The van der Waals surface area contributed by atoms with Crippen molar-refractivity contribution < 1.29 is 0 Å². The van der Waals surface area contributed by atoms with Gasteiger partial charge >= 0.3 is 0 Å². The van der Waals surface area contributed by atoms with Gasteiger partial charge in [-0.15, -0.1) is 0 Å². The second-order valence-corrected chi connectivity index (χ2v) is 6.47. The van der Waals surface area contributed by atoms with Gasteiger partial charge in [-0.05, 0) is 54.3 Å². The normalized spacial score (nSPS) is 14.2. The molecule has 4 heteroatoms. The molecular formula is C16H16BrClN2. The molecule has 0 spiro atoms. The van der Waals surface area contributed by atoms with Crippen LogP contribution in [-0.2, 0) is 13.0 Å². The number of hydrogen-bond acceptors (Lipinski definition) is 2. The maximum absolute atomic E-state index is 6.32. The van der Waals surface area contributed by atoms with E-state index in [9.17, 15) is 0 Å². The van der Waals surface area contributed by atoms with Gasteiger partial charge in [-0.1, -0.05) is 33.6 Å².